The van der Waals surface area contributed by atoms with Crippen molar-refractivity contribution < 1.29 is 18.6 Å². The van der Waals surface area contributed by atoms with Gasteiger partial charge in [0.2, 0.25) is 0 Å². The Kier molecular flexibility index (Phi) is 5.49. The molecule has 1 fully saturated rings. The van der Waals surface area contributed by atoms with E-state index in [2.05, 4.69) is 0 Å². The highest BCUT2D eigenvalue weighted by atomic mass is 19.1. The van der Waals surface area contributed by atoms with E-state index in [0.717, 1.165) is 31.7 Å². The van der Waals surface area contributed by atoms with E-state index >= 15 is 0 Å². The van der Waals surface area contributed by atoms with Gasteiger partial charge in [-0.1, -0.05) is 25.3 Å². The van der Waals surface area contributed by atoms with Crippen LogP contribution in [0.2, 0.25) is 0 Å². The number of hydrogen-bond acceptors (Lipinski definition) is 2. The molecular weight excluding hydrogens is 262 g/mol. The fourth-order valence-corrected chi connectivity index (χ4v) is 3.16. The zero-order chi connectivity index (χ0) is 14.5. The molecule has 0 amide bonds. The van der Waals surface area contributed by atoms with Crippen molar-refractivity contribution in [3.8, 4) is 0 Å². The van der Waals surface area contributed by atoms with Crippen LogP contribution in [0.25, 0.3) is 0 Å². The summed E-state index contributed by atoms with van der Waals surface area (Å²) in [4.78, 5) is 0. The van der Waals surface area contributed by atoms with Crippen molar-refractivity contribution in [2.75, 3.05) is 7.11 Å². The molecule has 2 rings (SSSR count). The molecule has 0 spiro atoms. The summed E-state index contributed by atoms with van der Waals surface area (Å²) in [6, 6.07) is 3.46. The maximum absolute atomic E-state index is 13.6. The summed E-state index contributed by atoms with van der Waals surface area (Å²) in [5, 5.41) is 10.3. The van der Waals surface area contributed by atoms with E-state index in [1.54, 1.807) is 7.11 Å². The highest BCUT2D eigenvalue weighted by molar-refractivity contribution is 5.19. The molecule has 2 atom stereocenters. The van der Waals surface area contributed by atoms with Gasteiger partial charge in [-0.25, -0.2) is 8.78 Å². The molecule has 0 aromatic heterocycles. The number of aliphatic hydroxyl groups is 1. The summed E-state index contributed by atoms with van der Waals surface area (Å²) >= 11 is 0. The van der Waals surface area contributed by atoms with Crippen LogP contribution in [0.15, 0.2) is 18.2 Å². The van der Waals surface area contributed by atoms with Crippen LogP contribution in [0, 0.1) is 17.6 Å². The number of ether oxygens (including phenoxy) is 1. The predicted molar refractivity (Wildman–Crippen MR) is 73.4 cm³/mol. The van der Waals surface area contributed by atoms with Crippen LogP contribution < -0.4 is 0 Å². The zero-order valence-corrected chi connectivity index (χ0v) is 11.8. The van der Waals surface area contributed by atoms with E-state index in [0.29, 0.717) is 11.5 Å². The quantitative estimate of drug-likeness (QED) is 0.897. The van der Waals surface area contributed by atoms with E-state index in [4.69, 9.17) is 4.74 Å². The summed E-state index contributed by atoms with van der Waals surface area (Å²) in [5.74, 6) is -0.883. The molecule has 2 nitrogen and oxygen atoms in total. The molecule has 1 aromatic rings. The monoisotopic (exact) mass is 284 g/mol. The Hall–Kier alpha value is -1.00. The SMILES string of the molecule is COC(C(O)Cc1ccc(F)cc1F)C1CCCCC1. The number of aliphatic hydroxyl groups excluding tert-OH is 1. The van der Waals surface area contributed by atoms with Crippen LogP contribution in [0.1, 0.15) is 37.7 Å². The van der Waals surface area contributed by atoms with Gasteiger partial charge in [0.05, 0.1) is 12.2 Å². The molecule has 1 saturated carbocycles. The minimum absolute atomic E-state index is 0.154. The van der Waals surface area contributed by atoms with Crippen molar-refractivity contribution in [2.45, 2.75) is 50.7 Å². The van der Waals surface area contributed by atoms with Gasteiger partial charge < -0.3 is 9.84 Å². The van der Waals surface area contributed by atoms with Gasteiger partial charge >= 0.3 is 0 Å². The Morgan fingerprint density at radius 3 is 2.55 bits per heavy atom. The van der Waals surface area contributed by atoms with E-state index in [9.17, 15) is 13.9 Å². The van der Waals surface area contributed by atoms with Crippen LogP contribution >= 0.6 is 0 Å². The van der Waals surface area contributed by atoms with Crippen molar-refractivity contribution in [3.05, 3.63) is 35.4 Å². The number of hydrogen-bond donors (Lipinski definition) is 1. The number of rotatable bonds is 5. The molecule has 2 unspecified atom stereocenters. The third-order valence-electron chi connectivity index (χ3n) is 4.21. The number of halogens is 2. The molecular formula is C16H22F2O2. The Morgan fingerprint density at radius 2 is 1.95 bits per heavy atom. The lowest BCUT2D eigenvalue weighted by molar-refractivity contribution is -0.0538. The van der Waals surface area contributed by atoms with Crippen LogP contribution in [0.5, 0.6) is 0 Å². The lowest BCUT2D eigenvalue weighted by atomic mass is 9.82. The van der Waals surface area contributed by atoms with E-state index in [-0.39, 0.29) is 12.5 Å². The van der Waals surface area contributed by atoms with Crippen LogP contribution in [-0.2, 0) is 11.2 Å². The van der Waals surface area contributed by atoms with Crippen molar-refractivity contribution in [1.29, 1.82) is 0 Å². The summed E-state index contributed by atoms with van der Waals surface area (Å²) in [6.45, 7) is 0. The van der Waals surface area contributed by atoms with Crippen LogP contribution in [0.3, 0.4) is 0 Å². The molecule has 0 aliphatic heterocycles. The Bertz CT molecular complexity index is 430. The van der Waals surface area contributed by atoms with Gasteiger partial charge in [-0.2, -0.15) is 0 Å². The standard InChI is InChI=1S/C16H22F2O2/c1-20-16(11-5-3-2-4-6-11)15(19)9-12-7-8-13(17)10-14(12)18/h7-8,10-11,15-16,19H,2-6,9H2,1H3. The molecule has 0 saturated heterocycles. The maximum Gasteiger partial charge on any atom is 0.129 e. The van der Waals surface area contributed by atoms with Gasteiger partial charge in [-0.05, 0) is 30.4 Å². The third kappa shape index (κ3) is 3.76. The van der Waals surface area contributed by atoms with Crippen LogP contribution in [-0.4, -0.2) is 24.4 Å². The second kappa shape index (κ2) is 7.14. The second-order valence-electron chi connectivity index (χ2n) is 5.61. The topological polar surface area (TPSA) is 29.5 Å². The predicted octanol–water partition coefficient (Wildman–Crippen LogP) is 3.46. The van der Waals surface area contributed by atoms with Crippen LogP contribution in [0.4, 0.5) is 8.78 Å². The Morgan fingerprint density at radius 1 is 1.25 bits per heavy atom. The maximum atomic E-state index is 13.6. The smallest absolute Gasteiger partial charge is 0.129 e. The minimum Gasteiger partial charge on any atom is -0.390 e. The molecule has 0 bridgehead atoms. The lowest BCUT2D eigenvalue weighted by Gasteiger charge is -2.32. The summed E-state index contributed by atoms with van der Waals surface area (Å²) in [7, 11) is 1.59. The highest BCUT2D eigenvalue weighted by Gasteiger charge is 2.30. The van der Waals surface area contributed by atoms with Gasteiger partial charge in [0, 0.05) is 19.6 Å². The van der Waals surface area contributed by atoms with Crippen molar-refractivity contribution in [2.24, 2.45) is 5.92 Å². The number of benzene rings is 1. The van der Waals surface area contributed by atoms with Crippen molar-refractivity contribution in [3.63, 3.8) is 0 Å². The molecule has 4 heteroatoms. The molecule has 1 N–H and O–H groups in total. The molecule has 1 aliphatic rings. The molecule has 112 valence electrons. The normalized spacial score (nSPS) is 19.8. The van der Waals surface area contributed by atoms with Gasteiger partial charge in [0.15, 0.2) is 0 Å². The lowest BCUT2D eigenvalue weighted by Crippen LogP contribution is -2.37. The first-order valence-electron chi connectivity index (χ1n) is 7.26. The zero-order valence-electron chi connectivity index (χ0n) is 11.8. The molecule has 1 aromatic carbocycles. The molecule has 20 heavy (non-hydrogen) atoms. The third-order valence-corrected chi connectivity index (χ3v) is 4.21. The second-order valence-corrected chi connectivity index (χ2v) is 5.61. The fourth-order valence-electron chi connectivity index (χ4n) is 3.16. The summed E-state index contributed by atoms with van der Waals surface area (Å²) in [6.07, 6.45) is 4.74. The first-order chi connectivity index (χ1) is 9.61. The summed E-state index contributed by atoms with van der Waals surface area (Å²) < 4.78 is 31.9. The summed E-state index contributed by atoms with van der Waals surface area (Å²) in [5.41, 5.74) is 0.330. The molecule has 1 aliphatic carbocycles. The fraction of sp³-hybridized carbons (Fsp3) is 0.625. The Balaban J connectivity index is 2.02. The van der Waals surface area contributed by atoms with Crippen molar-refractivity contribution >= 4 is 0 Å². The molecule has 0 radical (unpaired) electrons. The highest BCUT2D eigenvalue weighted by Crippen LogP contribution is 2.30. The van der Waals surface area contributed by atoms with E-state index in [1.165, 1.54) is 18.6 Å². The first-order valence-corrected chi connectivity index (χ1v) is 7.26. The van der Waals surface area contributed by atoms with Gasteiger partial charge in [0.25, 0.3) is 0 Å². The average Bonchev–Trinajstić information content (AvgIpc) is 2.44. The van der Waals surface area contributed by atoms with Gasteiger partial charge in [-0.3, -0.25) is 0 Å². The van der Waals surface area contributed by atoms with Gasteiger partial charge in [-0.15, -0.1) is 0 Å². The van der Waals surface area contributed by atoms with E-state index < -0.39 is 17.7 Å². The number of methoxy groups -OCH3 is 1. The van der Waals surface area contributed by atoms with E-state index in [1.807, 2.05) is 0 Å². The average molecular weight is 284 g/mol. The minimum atomic E-state index is -0.761. The first kappa shape index (κ1) is 15.4. The molecule has 0 heterocycles. The van der Waals surface area contributed by atoms with Crippen molar-refractivity contribution in [1.82, 2.24) is 0 Å². The Labute approximate surface area is 118 Å². The largest absolute Gasteiger partial charge is 0.390 e. The van der Waals surface area contributed by atoms with Gasteiger partial charge in [0.1, 0.15) is 11.6 Å².